The highest BCUT2D eigenvalue weighted by Crippen LogP contribution is 2.15. The second-order valence-electron chi connectivity index (χ2n) is 6.92. The Morgan fingerprint density at radius 1 is 1.04 bits per heavy atom. The lowest BCUT2D eigenvalue weighted by Gasteiger charge is -2.31. The number of rotatable bonds is 5. The van der Waals surface area contributed by atoms with Gasteiger partial charge >= 0.3 is 0 Å². The maximum absolute atomic E-state index is 12.9. The average Bonchev–Trinajstić information content (AvgIpc) is 2.58. The van der Waals surface area contributed by atoms with Crippen molar-refractivity contribution in [1.29, 1.82) is 0 Å². The zero-order valence-electron chi connectivity index (χ0n) is 16.1. The lowest BCUT2D eigenvalue weighted by atomic mass is 10.1. The van der Waals surface area contributed by atoms with Crippen LogP contribution >= 0.6 is 15.9 Å². The minimum absolute atomic E-state index is 0.00976. The Kier molecular flexibility index (Phi) is 6.59. The van der Waals surface area contributed by atoms with Gasteiger partial charge in [0.2, 0.25) is 0 Å². The number of hydrogen-bond donors (Lipinski definition) is 1. The van der Waals surface area contributed by atoms with Crippen LogP contribution in [0.25, 0.3) is 0 Å². The Hall–Kier alpha value is -2.41. The van der Waals surface area contributed by atoms with Crippen molar-refractivity contribution in [2.45, 2.75) is 39.8 Å². The van der Waals surface area contributed by atoms with Crippen LogP contribution in [0.15, 0.2) is 45.8 Å². The highest BCUT2D eigenvalue weighted by atomic mass is 79.9. The summed E-state index contributed by atoms with van der Waals surface area (Å²) in [6, 6.07) is 8.26. The van der Waals surface area contributed by atoms with Gasteiger partial charge < -0.3 is 14.8 Å². The van der Waals surface area contributed by atoms with Crippen LogP contribution in [0.3, 0.4) is 0 Å². The first kappa shape index (κ1) is 20.9. The number of hydrogen-bond acceptors (Lipinski definition) is 3. The molecule has 0 bridgehead atoms. The Balaban J connectivity index is 2.38. The molecule has 1 aromatic carbocycles. The third-order valence-electron chi connectivity index (χ3n) is 4.13. The van der Waals surface area contributed by atoms with E-state index in [-0.39, 0.29) is 29.2 Å². The number of amides is 2. The van der Waals surface area contributed by atoms with Gasteiger partial charge in [-0.15, -0.1) is 0 Å². The molecule has 144 valence electrons. The molecule has 0 saturated carbocycles. The van der Waals surface area contributed by atoms with Crippen LogP contribution in [0.1, 0.15) is 48.4 Å². The third kappa shape index (κ3) is 4.86. The van der Waals surface area contributed by atoms with Crippen molar-refractivity contribution in [3.05, 3.63) is 62.5 Å². The van der Waals surface area contributed by atoms with Gasteiger partial charge in [0.25, 0.3) is 17.4 Å². The molecular formula is C20H24BrN3O3. The predicted molar refractivity (Wildman–Crippen MR) is 110 cm³/mol. The van der Waals surface area contributed by atoms with E-state index >= 15 is 0 Å². The fourth-order valence-electron chi connectivity index (χ4n) is 2.93. The Bertz CT molecular complexity index is 894. The summed E-state index contributed by atoms with van der Waals surface area (Å²) in [4.78, 5) is 39.5. The van der Waals surface area contributed by atoms with Crippen LogP contribution in [-0.2, 0) is 7.05 Å². The van der Waals surface area contributed by atoms with Crippen LogP contribution in [0.5, 0.6) is 0 Å². The normalized spacial score (nSPS) is 11.0. The summed E-state index contributed by atoms with van der Waals surface area (Å²) in [6.45, 7) is 7.76. The number of nitrogens with zero attached hydrogens (tertiary/aromatic N) is 2. The van der Waals surface area contributed by atoms with E-state index in [9.17, 15) is 14.4 Å². The van der Waals surface area contributed by atoms with Gasteiger partial charge in [-0.25, -0.2) is 0 Å². The van der Waals surface area contributed by atoms with E-state index in [4.69, 9.17) is 0 Å². The van der Waals surface area contributed by atoms with Crippen LogP contribution in [0.4, 0.5) is 5.69 Å². The molecule has 2 rings (SSSR count). The van der Waals surface area contributed by atoms with Crippen LogP contribution in [-0.4, -0.2) is 33.4 Å². The molecule has 2 aromatic rings. The Morgan fingerprint density at radius 3 is 2.11 bits per heavy atom. The third-order valence-corrected chi connectivity index (χ3v) is 4.66. The van der Waals surface area contributed by atoms with Gasteiger partial charge in [-0.1, -0.05) is 15.9 Å². The SMILES string of the molecule is CC(C)N(C(=O)c1cc(NC(=O)c2ccc(Br)cc2)c(=O)n(C)c1)C(C)C. The van der Waals surface area contributed by atoms with E-state index in [0.717, 1.165) is 4.47 Å². The maximum Gasteiger partial charge on any atom is 0.274 e. The summed E-state index contributed by atoms with van der Waals surface area (Å²) in [6.07, 6.45) is 1.50. The van der Waals surface area contributed by atoms with Crippen LogP contribution in [0.2, 0.25) is 0 Å². The average molecular weight is 434 g/mol. The monoisotopic (exact) mass is 433 g/mol. The predicted octanol–water partition coefficient (Wildman–Crippen LogP) is 3.66. The number of carbonyl (C=O) groups excluding carboxylic acids is 2. The molecule has 0 radical (unpaired) electrons. The fraction of sp³-hybridized carbons (Fsp3) is 0.350. The van der Waals surface area contributed by atoms with E-state index in [1.165, 1.54) is 16.8 Å². The van der Waals surface area contributed by atoms with Crippen molar-refractivity contribution >= 4 is 33.4 Å². The number of pyridine rings is 1. The first-order valence-corrected chi connectivity index (χ1v) is 9.51. The smallest absolute Gasteiger partial charge is 0.274 e. The highest BCUT2D eigenvalue weighted by molar-refractivity contribution is 9.10. The molecule has 0 atom stereocenters. The number of benzene rings is 1. The van der Waals surface area contributed by atoms with E-state index in [1.807, 2.05) is 27.7 Å². The first-order valence-electron chi connectivity index (χ1n) is 8.72. The molecular weight excluding hydrogens is 410 g/mol. The largest absolute Gasteiger partial charge is 0.334 e. The van der Waals surface area contributed by atoms with Crippen molar-refractivity contribution < 1.29 is 9.59 Å². The number of halogens is 1. The minimum atomic E-state index is -0.409. The molecule has 1 aromatic heterocycles. The topological polar surface area (TPSA) is 71.4 Å². The molecule has 0 saturated heterocycles. The highest BCUT2D eigenvalue weighted by Gasteiger charge is 2.23. The summed E-state index contributed by atoms with van der Waals surface area (Å²) in [5.74, 6) is -0.594. The molecule has 7 heteroatoms. The van der Waals surface area contributed by atoms with Gasteiger partial charge in [0.05, 0.1) is 5.56 Å². The van der Waals surface area contributed by atoms with Crippen LogP contribution in [0, 0.1) is 0 Å². The van der Waals surface area contributed by atoms with Crippen molar-refractivity contribution in [2.75, 3.05) is 5.32 Å². The quantitative estimate of drug-likeness (QED) is 0.781. The Labute approximate surface area is 167 Å². The molecule has 2 amide bonds. The lowest BCUT2D eigenvalue weighted by molar-refractivity contribution is 0.0642. The standard InChI is InChI=1S/C20H24BrN3O3/c1-12(2)24(13(3)4)19(26)15-10-17(20(27)23(5)11-15)22-18(25)14-6-8-16(21)9-7-14/h6-13H,1-5H3,(H,22,25). The molecule has 0 spiro atoms. The second kappa shape index (κ2) is 8.52. The van der Waals surface area contributed by atoms with Gasteiger partial charge in [0, 0.05) is 35.4 Å². The van der Waals surface area contributed by atoms with E-state index in [1.54, 1.807) is 36.2 Å². The first-order chi connectivity index (χ1) is 12.6. The van der Waals surface area contributed by atoms with E-state index in [0.29, 0.717) is 11.1 Å². The Morgan fingerprint density at radius 2 is 1.59 bits per heavy atom. The van der Waals surface area contributed by atoms with Crippen molar-refractivity contribution in [1.82, 2.24) is 9.47 Å². The van der Waals surface area contributed by atoms with Gasteiger partial charge in [0.15, 0.2) is 0 Å². The zero-order chi connectivity index (χ0) is 20.3. The minimum Gasteiger partial charge on any atom is -0.334 e. The summed E-state index contributed by atoms with van der Waals surface area (Å²) < 4.78 is 2.16. The van der Waals surface area contributed by atoms with Crippen LogP contribution < -0.4 is 10.9 Å². The molecule has 0 fully saturated rings. The number of aromatic nitrogens is 1. The lowest BCUT2D eigenvalue weighted by Crippen LogP contribution is -2.42. The maximum atomic E-state index is 12.9. The molecule has 6 nitrogen and oxygen atoms in total. The molecule has 1 heterocycles. The zero-order valence-corrected chi connectivity index (χ0v) is 17.7. The fourth-order valence-corrected chi connectivity index (χ4v) is 3.19. The van der Waals surface area contributed by atoms with Gasteiger partial charge in [-0.05, 0) is 58.0 Å². The van der Waals surface area contributed by atoms with Gasteiger partial charge in [-0.3, -0.25) is 14.4 Å². The number of carbonyl (C=O) groups is 2. The summed E-state index contributed by atoms with van der Waals surface area (Å²) in [7, 11) is 1.56. The van der Waals surface area contributed by atoms with E-state index < -0.39 is 5.91 Å². The van der Waals surface area contributed by atoms with E-state index in [2.05, 4.69) is 21.2 Å². The summed E-state index contributed by atoms with van der Waals surface area (Å²) in [5.41, 5.74) is 0.468. The molecule has 0 aliphatic heterocycles. The summed E-state index contributed by atoms with van der Waals surface area (Å²) >= 11 is 3.32. The molecule has 0 aliphatic carbocycles. The molecule has 1 N–H and O–H groups in total. The summed E-state index contributed by atoms with van der Waals surface area (Å²) in [5, 5.41) is 2.62. The molecule has 0 aliphatic rings. The number of aryl methyl sites for hydroxylation is 1. The van der Waals surface area contributed by atoms with Crippen molar-refractivity contribution in [3.63, 3.8) is 0 Å². The molecule has 0 unspecified atom stereocenters. The van der Waals surface area contributed by atoms with Crippen molar-refractivity contribution in [2.24, 2.45) is 7.05 Å². The molecule has 27 heavy (non-hydrogen) atoms. The van der Waals surface area contributed by atoms with Gasteiger partial charge in [-0.2, -0.15) is 0 Å². The second-order valence-corrected chi connectivity index (χ2v) is 7.84. The number of nitrogens with one attached hydrogen (secondary N) is 1. The number of anilines is 1. The van der Waals surface area contributed by atoms with Gasteiger partial charge in [0.1, 0.15) is 5.69 Å². The van der Waals surface area contributed by atoms with Crippen molar-refractivity contribution in [3.8, 4) is 0 Å².